The van der Waals surface area contributed by atoms with E-state index in [1.165, 1.54) is 0 Å². The SMILES string of the molecule is O=C(CC(=O)C1(F)C(F)(F)C(F)(F)C(F)(F)C(F)(F)C1(F)F)C(F)(F)C(F)(F)F. The Morgan fingerprint density at radius 3 is 1.10 bits per heavy atom. The lowest BCUT2D eigenvalue weighted by Crippen LogP contribution is -2.85. The minimum Gasteiger partial charge on any atom is -0.295 e. The molecule has 0 radical (unpaired) electrons. The summed E-state index contributed by atoms with van der Waals surface area (Å²) in [5.41, 5.74) is -7.48. The fraction of sp³-hybridized carbons (Fsp3) is 0.818. The van der Waals surface area contributed by atoms with Crippen molar-refractivity contribution in [2.75, 3.05) is 0 Å². The van der Waals surface area contributed by atoms with E-state index in [1.807, 2.05) is 0 Å². The molecule has 0 aliphatic heterocycles. The van der Waals surface area contributed by atoms with Gasteiger partial charge in [0.25, 0.3) is 0 Å². The Morgan fingerprint density at radius 1 is 0.552 bits per heavy atom. The van der Waals surface area contributed by atoms with Gasteiger partial charge in [0.05, 0.1) is 6.42 Å². The van der Waals surface area contributed by atoms with Gasteiger partial charge in [-0.25, -0.2) is 4.39 Å². The van der Waals surface area contributed by atoms with Gasteiger partial charge < -0.3 is 0 Å². The molecular formula is C11H2F16O2. The predicted octanol–water partition coefficient (Wildman–Crippen LogP) is 4.61. The highest BCUT2D eigenvalue weighted by Crippen LogP contribution is 2.69. The summed E-state index contributed by atoms with van der Waals surface area (Å²) >= 11 is 0. The number of hydrogen-bond acceptors (Lipinski definition) is 2. The molecule has 18 heteroatoms. The van der Waals surface area contributed by atoms with Crippen LogP contribution in [0, 0.1) is 0 Å². The summed E-state index contributed by atoms with van der Waals surface area (Å²) in [6, 6.07) is 0. The molecule has 0 bridgehead atoms. The zero-order valence-electron chi connectivity index (χ0n) is 12.6. The minimum absolute atomic E-state index is 3.70. The van der Waals surface area contributed by atoms with Gasteiger partial charge in [0.15, 0.2) is 5.78 Å². The molecule has 1 aliphatic carbocycles. The Labute approximate surface area is 146 Å². The van der Waals surface area contributed by atoms with Gasteiger partial charge in [0.2, 0.25) is 5.78 Å². The number of carbonyl (C=O) groups excluding carboxylic acids is 2. The molecule has 2 nitrogen and oxygen atoms in total. The van der Waals surface area contributed by atoms with Crippen molar-refractivity contribution in [2.45, 2.75) is 53.8 Å². The van der Waals surface area contributed by atoms with Gasteiger partial charge in [0, 0.05) is 0 Å². The first-order chi connectivity index (χ1) is 12.3. The lowest BCUT2D eigenvalue weighted by molar-refractivity contribution is -0.476. The average molecular weight is 470 g/mol. The topological polar surface area (TPSA) is 34.1 Å². The van der Waals surface area contributed by atoms with Crippen LogP contribution in [0.1, 0.15) is 6.42 Å². The normalized spacial score (nSPS) is 26.6. The quantitative estimate of drug-likeness (QED) is 0.445. The highest BCUT2D eigenvalue weighted by Gasteiger charge is 3.02. The molecule has 1 aliphatic rings. The van der Waals surface area contributed by atoms with Gasteiger partial charge >= 0.3 is 47.4 Å². The Balaban J connectivity index is 3.67. The largest absolute Gasteiger partial charge is 0.461 e. The van der Waals surface area contributed by atoms with E-state index in [1.54, 1.807) is 0 Å². The van der Waals surface area contributed by atoms with Crippen molar-refractivity contribution in [2.24, 2.45) is 0 Å². The summed E-state index contributed by atoms with van der Waals surface area (Å²) in [4.78, 5) is 21.9. The lowest BCUT2D eigenvalue weighted by atomic mass is 9.69. The van der Waals surface area contributed by atoms with Crippen LogP contribution < -0.4 is 0 Å². The second kappa shape index (κ2) is 5.89. The molecule has 0 saturated heterocycles. The van der Waals surface area contributed by atoms with Crippen molar-refractivity contribution in [3.05, 3.63) is 0 Å². The Morgan fingerprint density at radius 2 is 0.828 bits per heavy atom. The summed E-state index contributed by atoms with van der Waals surface area (Å²) < 4.78 is 207. The molecule has 0 N–H and O–H groups in total. The van der Waals surface area contributed by atoms with Crippen LogP contribution in [0.15, 0.2) is 0 Å². The van der Waals surface area contributed by atoms with E-state index < -0.39 is 65.4 Å². The van der Waals surface area contributed by atoms with Gasteiger partial charge in [-0.15, -0.1) is 0 Å². The molecule has 1 fully saturated rings. The van der Waals surface area contributed by atoms with E-state index in [2.05, 4.69) is 0 Å². The standard InChI is InChI=1S/C11H2F16O2/c12-4(2(28)1-3(29)5(13,14)11(25,26)27)6(15,16)8(19,20)10(23,24)9(21,22)7(4,17)18/h1H2. The summed E-state index contributed by atoms with van der Waals surface area (Å²) in [5.74, 6) is -53.9. The first kappa shape index (κ1) is 25.3. The van der Waals surface area contributed by atoms with Crippen LogP contribution in [0.4, 0.5) is 70.2 Å². The van der Waals surface area contributed by atoms with Gasteiger partial charge in [-0.2, -0.15) is 65.9 Å². The Kier molecular flexibility index (Phi) is 5.13. The molecule has 0 aromatic heterocycles. The number of hydrogen-bond donors (Lipinski definition) is 0. The summed E-state index contributed by atoms with van der Waals surface area (Å²) in [5, 5.41) is 0. The fourth-order valence-electron chi connectivity index (χ4n) is 2.11. The summed E-state index contributed by atoms with van der Waals surface area (Å²) in [6.07, 6.45) is -10.6. The van der Waals surface area contributed by atoms with E-state index in [0.717, 1.165) is 0 Å². The Hall–Kier alpha value is -1.78. The molecule has 0 spiro atoms. The zero-order chi connectivity index (χ0) is 23.9. The van der Waals surface area contributed by atoms with Crippen molar-refractivity contribution >= 4 is 11.6 Å². The number of Topliss-reactive ketones (excluding diaryl/α,β-unsaturated/α-hetero) is 2. The number of carbonyl (C=O) groups is 2. The molecule has 1 rings (SSSR count). The van der Waals surface area contributed by atoms with Crippen molar-refractivity contribution in [1.82, 2.24) is 0 Å². The third-order valence-electron chi connectivity index (χ3n) is 3.85. The molecule has 0 atom stereocenters. The third kappa shape index (κ3) is 2.58. The molecular weight excluding hydrogens is 468 g/mol. The first-order valence-corrected chi connectivity index (χ1v) is 6.39. The highest BCUT2D eigenvalue weighted by molar-refractivity contribution is 6.07. The second-order valence-corrected chi connectivity index (χ2v) is 5.63. The first-order valence-electron chi connectivity index (χ1n) is 6.39. The third-order valence-corrected chi connectivity index (χ3v) is 3.85. The number of rotatable bonds is 4. The van der Waals surface area contributed by atoms with Crippen LogP contribution in [0.2, 0.25) is 0 Å². The highest BCUT2D eigenvalue weighted by atomic mass is 19.4. The molecule has 0 aromatic rings. The molecule has 0 heterocycles. The second-order valence-electron chi connectivity index (χ2n) is 5.63. The smallest absolute Gasteiger partial charge is 0.295 e. The number of alkyl halides is 16. The number of halogens is 16. The van der Waals surface area contributed by atoms with Crippen molar-refractivity contribution in [1.29, 1.82) is 0 Å². The average Bonchev–Trinajstić information content (AvgIpc) is 2.50. The summed E-state index contributed by atoms with van der Waals surface area (Å²) in [7, 11) is 0. The maximum atomic E-state index is 14.1. The summed E-state index contributed by atoms with van der Waals surface area (Å²) in [6.45, 7) is 0. The van der Waals surface area contributed by atoms with Crippen LogP contribution in [-0.4, -0.2) is 58.9 Å². The van der Waals surface area contributed by atoms with Crippen molar-refractivity contribution in [3.8, 4) is 0 Å². The maximum Gasteiger partial charge on any atom is 0.461 e. The zero-order valence-corrected chi connectivity index (χ0v) is 12.6. The van der Waals surface area contributed by atoms with Gasteiger partial charge in [-0.3, -0.25) is 9.59 Å². The van der Waals surface area contributed by atoms with E-state index in [0.29, 0.717) is 0 Å². The monoisotopic (exact) mass is 470 g/mol. The van der Waals surface area contributed by atoms with Crippen LogP contribution in [0.25, 0.3) is 0 Å². The fourth-order valence-corrected chi connectivity index (χ4v) is 2.11. The molecule has 29 heavy (non-hydrogen) atoms. The van der Waals surface area contributed by atoms with Crippen LogP contribution >= 0.6 is 0 Å². The van der Waals surface area contributed by atoms with Crippen LogP contribution in [0.3, 0.4) is 0 Å². The molecule has 170 valence electrons. The lowest BCUT2D eigenvalue weighted by Gasteiger charge is -2.51. The Bertz CT molecular complexity index is 687. The van der Waals surface area contributed by atoms with Crippen molar-refractivity contribution < 1.29 is 79.8 Å². The van der Waals surface area contributed by atoms with Gasteiger partial charge in [0.1, 0.15) is 0 Å². The number of ketones is 2. The van der Waals surface area contributed by atoms with E-state index in [4.69, 9.17) is 0 Å². The molecule has 0 unspecified atom stereocenters. The molecule has 1 saturated carbocycles. The maximum absolute atomic E-state index is 14.1. The molecule has 0 aromatic carbocycles. The van der Waals surface area contributed by atoms with E-state index in [-0.39, 0.29) is 0 Å². The molecule has 0 amide bonds. The van der Waals surface area contributed by atoms with E-state index >= 15 is 0 Å². The van der Waals surface area contributed by atoms with E-state index in [9.17, 15) is 79.8 Å². The van der Waals surface area contributed by atoms with Crippen LogP contribution in [-0.2, 0) is 9.59 Å². The van der Waals surface area contributed by atoms with Gasteiger partial charge in [-0.05, 0) is 0 Å². The minimum atomic E-state index is -7.79. The van der Waals surface area contributed by atoms with Crippen molar-refractivity contribution in [3.63, 3.8) is 0 Å². The van der Waals surface area contributed by atoms with Crippen LogP contribution in [0.5, 0.6) is 0 Å². The van der Waals surface area contributed by atoms with Gasteiger partial charge in [-0.1, -0.05) is 0 Å². The predicted molar refractivity (Wildman–Crippen MR) is 54.2 cm³/mol.